The van der Waals surface area contributed by atoms with Crippen molar-refractivity contribution in [2.24, 2.45) is 0 Å². The molecule has 0 aliphatic carbocycles. The van der Waals surface area contributed by atoms with E-state index in [0.29, 0.717) is 27.6 Å². The molecule has 2 aliphatic heterocycles. The van der Waals surface area contributed by atoms with Gasteiger partial charge in [-0.25, -0.2) is 9.37 Å². The standard InChI is InChI=1S/C22H24FN5O2S/c1-28(17-11-14-4-6-16(25-14)20(17)23)22-27-26-21(31-22)15-5-3-12(9-18(15)29)13-7-8-24-19(10-13)30-2/h3,5,7-10,14,16-17,20,25,29H,4,6,11H2,1-2H3/t14?,16?,17-,20+/m1/s1. The lowest BCUT2D eigenvalue weighted by Crippen LogP contribution is -2.55. The Morgan fingerprint density at radius 1 is 1.19 bits per heavy atom. The molecule has 4 atom stereocenters. The van der Waals surface area contributed by atoms with Gasteiger partial charge in [0.05, 0.1) is 18.7 Å². The van der Waals surface area contributed by atoms with Crippen LogP contribution in [0.3, 0.4) is 0 Å². The number of halogens is 1. The van der Waals surface area contributed by atoms with Gasteiger partial charge < -0.3 is 20.1 Å². The molecule has 2 bridgehead atoms. The molecule has 0 spiro atoms. The van der Waals surface area contributed by atoms with Gasteiger partial charge in [0.1, 0.15) is 11.9 Å². The Bertz CT molecular complexity index is 1090. The molecule has 31 heavy (non-hydrogen) atoms. The minimum Gasteiger partial charge on any atom is -0.507 e. The number of rotatable bonds is 5. The van der Waals surface area contributed by atoms with E-state index in [0.717, 1.165) is 30.4 Å². The summed E-state index contributed by atoms with van der Waals surface area (Å²) in [5.74, 6) is 0.622. The molecule has 4 heterocycles. The molecule has 162 valence electrons. The second-order valence-corrected chi connectivity index (χ2v) is 9.07. The first-order chi connectivity index (χ1) is 15.0. The fourth-order valence-corrected chi connectivity index (χ4v) is 5.45. The van der Waals surface area contributed by atoms with Gasteiger partial charge in [-0.3, -0.25) is 0 Å². The van der Waals surface area contributed by atoms with E-state index in [4.69, 9.17) is 4.74 Å². The summed E-state index contributed by atoms with van der Waals surface area (Å²) in [6.07, 6.45) is 3.41. The predicted molar refractivity (Wildman–Crippen MR) is 118 cm³/mol. The predicted octanol–water partition coefficient (Wildman–Crippen LogP) is 3.65. The summed E-state index contributed by atoms with van der Waals surface area (Å²) in [5.41, 5.74) is 2.33. The fourth-order valence-electron chi connectivity index (χ4n) is 4.55. The van der Waals surface area contributed by atoms with Gasteiger partial charge in [0, 0.05) is 31.4 Å². The van der Waals surface area contributed by atoms with Gasteiger partial charge in [-0.1, -0.05) is 17.4 Å². The van der Waals surface area contributed by atoms with Crippen molar-refractivity contribution in [1.82, 2.24) is 20.5 Å². The summed E-state index contributed by atoms with van der Waals surface area (Å²) in [6, 6.07) is 9.19. The number of methoxy groups -OCH3 is 1. The molecule has 0 amide bonds. The van der Waals surface area contributed by atoms with Crippen LogP contribution in [0.2, 0.25) is 0 Å². The molecule has 2 aromatic heterocycles. The van der Waals surface area contributed by atoms with Crippen LogP contribution in [0.1, 0.15) is 19.3 Å². The normalized spacial score (nSPS) is 24.9. The van der Waals surface area contributed by atoms with E-state index in [1.807, 2.05) is 36.2 Å². The maximum atomic E-state index is 14.9. The molecule has 0 radical (unpaired) electrons. The lowest BCUT2D eigenvalue weighted by Gasteiger charge is -2.38. The van der Waals surface area contributed by atoms with Crippen molar-refractivity contribution in [3.05, 3.63) is 36.5 Å². The lowest BCUT2D eigenvalue weighted by molar-refractivity contribution is 0.176. The molecule has 2 unspecified atom stereocenters. The number of aromatic nitrogens is 3. The average molecular weight is 442 g/mol. The van der Waals surface area contributed by atoms with Gasteiger partial charge in [0.2, 0.25) is 11.0 Å². The molecular weight excluding hydrogens is 417 g/mol. The smallest absolute Gasteiger partial charge is 0.213 e. The molecule has 7 nitrogen and oxygen atoms in total. The van der Waals surface area contributed by atoms with Crippen LogP contribution in [0.25, 0.3) is 21.7 Å². The number of phenolic OH excluding ortho intramolecular Hbond substituents is 1. The van der Waals surface area contributed by atoms with E-state index in [9.17, 15) is 9.50 Å². The summed E-state index contributed by atoms with van der Waals surface area (Å²) < 4.78 is 20.1. The topological polar surface area (TPSA) is 83.4 Å². The summed E-state index contributed by atoms with van der Waals surface area (Å²) in [4.78, 5) is 6.02. The average Bonchev–Trinajstić information content (AvgIpc) is 3.44. The van der Waals surface area contributed by atoms with E-state index >= 15 is 0 Å². The number of aromatic hydroxyl groups is 1. The number of alkyl halides is 1. The zero-order chi connectivity index (χ0) is 21.5. The first-order valence-corrected chi connectivity index (χ1v) is 11.2. The Hall–Kier alpha value is -2.78. The van der Waals surface area contributed by atoms with Crippen LogP contribution in [0.4, 0.5) is 9.52 Å². The van der Waals surface area contributed by atoms with Crippen molar-refractivity contribution in [1.29, 1.82) is 0 Å². The van der Waals surface area contributed by atoms with Gasteiger partial charge in [-0.05, 0) is 48.6 Å². The lowest BCUT2D eigenvalue weighted by atomic mass is 9.97. The molecule has 2 aliphatic rings. The minimum atomic E-state index is -0.930. The highest BCUT2D eigenvalue weighted by Crippen LogP contribution is 2.39. The number of piperidine rings is 1. The van der Waals surface area contributed by atoms with Crippen LogP contribution in [-0.4, -0.2) is 58.7 Å². The van der Waals surface area contributed by atoms with Crippen molar-refractivity contribution in [2.75, 3.05) is 19.1 Å². The number of nitrogens with one attached hydrogen (secondary N) is 1. The molecule has 5 rings (SSSR count). The number of nitrogens with zero attached hydrogens (tertiary/aromatic N) is 4. The summed E-state index contributed by atoms with van der Waals surface area (Å²) >= 11 is 1.36. The van der Waals surface area contributed by atoms with Crippen molar-refractivity contribution in [3.8, 4) is 33.3 Å². The number of fused-ring (bicyclic) bond motifs is 2. The number of benzene rings is 1. The van der Waals surface area contributed by atoms with Crippen molar-refractivity contribution in [3.63, 3.8) is 0 Å². The highest BCUT2D eigenvalue weighted by molar-refractivity contribution is 7.18. The zero-order valence-corrected chi connectivity index (χ0v) is 18.1. The number of anilines is 1. The van der Waals surface area contributed by atoms with Crippen LogP contribution < -0.4 is 15.0 Å². The number of hydrogen-bond acceptors (Lipinski definition) is 8. The van der Waals surface area contributed by atoms with Crippen LogP contribution in [0.15, 0.2) is 36.5 Å². The largest absolute Gasteiger partial charge is 0.507 e. The van der Waals surface area contributed by atoms with Crippen LogP contribution in [0.5, 0.6) is 11.6 Å². The molecule has 2 fully saturated rings. The molecule has 0 saturated carbocycles. The third-order valence-corrected chi connectivity index (χ3v) is 7.32. The van der Waals surface area contributed by atoms with Gasteiger partial charge in [0.15, 0.2) is 5.01 Å². The molecule has 1 aromatic carbocycles. The van der Waals surface area contributed by atoms with E-state index in [2.05, 4.69) is 20.5 Å². The van der Waals surface area contributed by atoms with Crippen LogP contribution in [0, 0.1) is 0 Å². The first-order valence-electron chi connectivity index (χ1n) is 10.3. The van der Waals surface area contributed by atoms with Crippen molar-refractivity contribution < 1.29 is 14.2 Å². The SMILES string of the molecule is COc1cc(-c2ccc(-c3nnc(N(C)[C@@H]4CC5CCC(N5)[C@@H]4F)s3)c(O)c2)ccn1. The monoisotopic (exact) mass is 441 g/mol. The fraction of sp³-hybridized carbons (Fsp3) is 0.409. The number of phenols is 1. The van der Waals surface area contributed by atoms with E-state index in [1.165, 1.54) is 11.3 Å². The van der Waals surface area contributed by atoms with E-state index in [-0.39, 0.29) is 17.8 Å². The van der Waals surface area contributed by atoms with Gasteiger partial charge in [-0.15, -0.1) is 10.2 Å². The van der Waals surface area contributed by atoms with E-state index < -0.39 is 6.17 Å². The zero-order valence-electron chi connectivity index (χ0n) is 17.3. The maximum Gasteiger partial charge on any atom is 0.213 e. The molecular formula is C22H24FN5O2S. The van der Waals surface area contributed by atoms with E-state index in [1.54, 1.807) is 19.4 Å². The van der Waals surface area contributed by atoms with Gasteiger partial charge in [-0.2, -0.15) is 0 Å². The summed E-state index contributed by atoms with van der Waals surface area (Å²) in [6.45, 7) is 0. The Balaban J connectivity index is 1.38. The van der Waals surface area contributed by atoms with Gasteiger partial charge >= 0.3 is 0 Å². The number of ether oxygens (including phenoxy) is 1. The minimum absolute atomic E-state index is 0.0676. The summed E-state index contributed by atoms with van der Waals surface area (Å²) in [7, 11) is 3.45. The Morgan fingerprint density at radius 2 is 2.03 bits per heavy atom. The maximum absolute atomic E-state index is 14.9. The Labute approximate surface area is 183 Å². The quantitative estimate of drug-likeness (QED) is 0.625. The molecule has 9 heteroatoms. The third-order valence-electron chi connectivity index (χ3n) is 6.27. The third kappa shape index (κ3) is 3.72. The second-order valence-electron chi connectivity index (χ2n) is 8.11. The number of hydrogen-bond donors (Lipinski definition) is 2. The van der Waals surface area contributed by atoms with Crippen molar-refractivity contribution in [2.45, 2.75) is 43.6 Å². The first kappa shape index (κ1) is 20.1. The summed E-state index contributed by atoms with van der Waals surface area (Å²) in [5, 5.41) is 23.8. The second kappa shape index (κ2) is 8.05. The van der Waals surface area contributed by atoms with Crippen LogP contribution >= 0.6 is 11.3 Å². The van der Waals surface area contributed by atoms with Gasteiger partial charge in [0.25, 0.3) is 0 Å². The Morgan fingerprint density at radius 3 is 2.84 bits per heavy atom. The number of pyridine rings is 1. The Kier molecular flexibility index (Phi) is 5.23. The molecule has 2 saturated heterocycles. The highest BCUT2D eigenvalue weighted by Gasteiger charge is 2.44. The molecule has 2 N–H and O–H groups in total. The highest BCUT2D eigenvalue weighted by atomic mass is 32.1. The van der Waals surface area contributed by atoms with Crippen molar-refractivity contribution >= 4 is 16.5 Å². The van der Waals surface area contributed by atoms with Crippen LogP contribution in [-0.2, 0) is 0 Å². The molecule has 3 aromatic rings.